The lowest BCUT2D eigenvalue weighted by Crippen LogP contribution is -2.35. The quantitative estimate of drug-likeness (QED) is 0.421. The normalized spacial score (nSPS) is 10.9. The van der Waals surface area contributed by atoms with Crippen molar-refractivity contribution in [3.8, 4) is 5.75 Å². The zero-order valence-electron chi connectivity index (χ0n) is 8.64. The molecule has 16 heavy (non-hydrogen) atoms. The first-order chi connectivity index (χ1) is 7.49. The largest absolute Gasteiger partial charge is 0.497 e. The number of benzene rings is 1. The summed E-state index contributed by atoms with van der Waals surface area (Å²) < 4.78 is 28.2. The van der Waals surface area contributed by atoms with E-state index in [0.717, 1.165) is 0 Å². The van der Waals surface area contributed by atoms with Gasteiger partial charge >= 0.3 is 0 Å². The minimum Gasteiger partial charge on any atom is -0.497 e. The van der Waals surface area contributed by atoms with E-state index in [-0.39, 0.29) is 4.90 Å². The van der Waals surface area contributed by atoms with Crippen LogP contribution in [0, 0.1) is 0 Å². The molecule has 0 saturated heterocycles. The van der Waals surface area contributed by atoms with Crippen LogP contribution in [0.2, 0.25) is 0 Å². The molecule has 0 aliphatic heterocycles. The molecule has 1 amide bonds. The van der Waals surface area contributed by atoms with E-state index >= 15 is 0 Å². The standard InChI is InChI=1S/C9H12N2O4S/c1-15-7-2-4-8(5-3-7)16(13,14)6-9(12)11-10/h2-5H,6,10H2,1H3,(H,11,12). The van der Waals surface area contributed by atoms with E-state index in [2.05, 4.69) is 0 Å². The van der Waals surface area contributed by atoms with Gasteiger partial charge in [-0.1, -0.05) is 0 Å². The number of rotatable bonds is 4. The van der Waals surface area contributed by atoms with Crippen LogP contribution in [0.5, 0.6) is 5.75 Å². The minimum absolute atomic E-state index is 0.0527. The number of hydrazine groups is 1. The van der Waals surface area contributed by atoms with Gasteiger partial charge in [-0.15, -0.1) is 0 Å². The number of ether oxygens (including phenoxy) is 1. The summed E-state index contributed by atoms with van der Waals surface area (Å²) in [5.41, 5.74) is 1.77. The van der Waals surface area contributed by atoms with Crippen molar-refractivity contribution in [2.45, 2.75) is 4.90 Å². The predicted octanol–water partition coefficient (Wildman–Crippen LogP) is -0.541. The van der Waals surface area contributed by atoms with Crippen molar-refractivity contribution in [2.24, 2.45) is 5.84 Å². The SMILES string of the molecule is COc1ccc(S(=O)(=O)CC(=O)NN)cc1. The van der Waals surface area contributed by atoms with Gasteiger partial charge in [0.2, 0.25) is 5.91 Å². The first-order valence-electron chi connectivity index (χ1n) is 4.36. The Hall–Kier alpha value is -1.60. The Bertz CT molecular complexity index is 467. The lowest BCUT2D eigenvalue weighted by molar-refractivity contribution is -0.118. The van der Waals surface area contributed by atoms with Crippen LogP contribution in [0.3, 0.4) is 0 Å². The topological polar surface area (TPSA) is 98.5 Å². The number of hydrogen-bond acceptors (Lipinski definition) is 5. The number of sulfone groups is 1. The molecule has 0 unspecified atom stereocenters. The number of carbonyl (C=O) groups is 1. The van der Waals surface area contributed by atoms with Crippen molar-refractivity contribution in [3.05, 3.63) is 24.3 Å². The fourth-order valence-electron chi connectivity index (χ4n) is 1.08. The van der Waals surface area contributed by atoms with Crippen LogP contribution < -0.4 is 16.0 Å². The van der Waals surface area contributed by atoms with E-state index in [4.69, 9.17) is 10.6 Å². The van der Waals surface area contributed by atoms with Crippen molar-refractivity contribution in [1.82, 2.24) is 5.43 Å². The number of hydrogen-bond donors (Lipinski definition) is 2. The van der Waals surface area contributed by atoms with E-state index in [0.29, 0.717) is 5.75 Å². The summed E-state index contributed by atoms with van der Waals surface area (Å²) in [6, 6.07) is 5.76. The zero-order valence-corrected chi connectivity index (χ0v) is 9.45. The second-order valence-corrected chi connectivity index (χ2v) is 4.99. The van der Waals surface area contributed by atoms with Crippen molar-refractivity contribution in [2.75, 3.05) is 12.9 Å². The molecule has 6 nitrogen and oxygen atoms in total. The molecule has 88 valence electrons. The van der Waals surface area contributed by atoms with Crippen LogP contribution in [0.25, 0.3) is 0 Å². The third kappa shape index (κ3) is 2.94. The van der Waals surface area contributed by atoms with E-state index < -0.39 is 21.5 Å². The number of methoxy groups -OCH3 is 1. The maximum absolute atomic E-state index is 11.6. The number of nitrogens with two attached hydrogens (primary N) is 1. The number of amides is 1. The maximum atomic E-state index is 11.6. The molecule has 1 aromatic carbocycles. The molecule has 0 heterocycles. The van der Waals surface area contributed by atoms with Crippen LogP contribution in [0.1, 0.15) is 0 Å². The highest BCUT2D eigenvalue weighted by molar-refractivity contribution is 7.92. The van der Waals surface area contributed by atoms with Gasteiger partial charge in [0, 0.05) is 0 Å². The monoisotopic (exact) mass is 244 g/mol. The average Bonchev–Trinajstić information content (AvgIpc) is 2.28. The molecule has 0 aromatic heterocycles. The van der Waals surface area contributed by atoms with Gasteiger partial charge in [0.25, 0.3) is 0 Å². The maximum Gasteiger partial charge on any atom is 0.249 e. The van der Waals surface area contributed by atoms with Gasteiger partial charge < -0.3 is 4.74 Å². The second kappa shape index (κ2) is 4.95. The first kappa shape index (κ1) is 12.5. The Morgan fingerprint density at radius 3 is 2.38 bits per heavy atom. The molecule has 0 radical (unpaired) electrons. The van der Waals surface area contributed by atoms with Crippen LogP contribution in [-0.2, 0) is 14.6 Å². The van der Waals surface area contributed by atoms with Crippen LogP contribution in [0.4, 0.5) is 0 Å². The smallest absolute Gasteiger partial charge is 0.249 e. The zero-order chi connectivity index (χ0) is 12.2. The Morgan fingerprint density at radius 2 is 1.94 bits per heavy atom. The highest BCUT2D eigenvalue weighted by Crippen LogP contribution is 2.16. The molecule has 0 spiro atoms. The van der Waals surface area contributed by atoms with E-state index in [1.165, 1.54) is 31.4 Å². The van der Waals surface area contributed by atoms with Gasteiger partial charge in [-0.3, -0.25) is 10.2 Å². The molecular formula is C9H12N2O4S. The van der Waals surface area contributed by atoms with Crippen molar-refractivity contribution in [1.29, 1.82) is 0 Å². The molecule has 0 fully saturated rings. The molecular weight excluding hydrogens is 232 g/mol. The van der Waals surface area contributed by atoms with E-state index in [9.17, 15) is 13.2 Å². The predicted molar refractivity (Wildman–Crippen MR) is 57.4 cm³/mol. The molecule has 0 aliphatic carbocycles. The summed E-state index contributed by atoms with van der Waals surface area (Å²) in [4.78, 5) is 10.9. The van der Waals surface area contributed by atoms with Gasteiger partial charge in [0.15, 0.2) is 9.84 Å². The molecule has 1 aromatic rings. The van der Waals surface area contributed by atoms with Crippen molar-refractivity contribution in [3.63, 3.8) is 0 Å². The van der Waals surface area contributed by atoms with Crippen LogP contribution in [-0.4, -0.2) is 27.2 Å². The van der Waals surface area contributed by atoms with E-state index in [1.54, 1.807) is 5.43 Å². The summed E-state index contributed by atoms with van der Waals surface area (Å²) >= 11 is 0. The van der Waals surface area contributed by atoms with Gasteiger partial charge in [-0.05, 0) is 24.3 Å². The summed E-state index contributed by atoms with van der Waals surface area (Å²) in [5.74, 6) is 3.94. The average molecular weight is 244 g/mol. The van der Waals surface area contributed by atoms with Crippen molar-refractivity contribution < 1.29 is 17.9 Å². The molecule has 3 N–H and O–H groups in total. The lowest BCUT2D eigenvalue weighted by atomic mass is 10.3. The molecule has 0 atom stereocenters. The number of carbonyl (C=O) groups excluding carboxylic acids is 1. The molecule has 1 rings (SSSR count). The molecule has 0 saturated carbocycles. The second-order valence-electron chi connectivity index (χ2n) is 3.00. The highest BCUT2D eigenvalue weighted by Gasteiger charge is 2.18. The van der Waals surface area contributed by atoms with Crippen molar-refractivity contribution >= 4 is 15.7 Å². The van der Waals surface area contributed by atoms with Crippen LogP contribution in [0.15, 0.2) is 29.2 Å². The molecule has 7 heteroatoms. The Kier molecular flexibility index (Phi) is 3.86. The van der Waals surface area contributed by atoms with Gasteiger partial charge in [-0.25, -0.2) is 14.3 Å². The fourth-order valence-corrected chi connectivity index (χ4v) is 2.23. The Morgan fingerprint density at radius 1 is 1.38 bits per heavy atom. The Labute approximate surface area is 93.3 Å². The third-order valence-corrected chi connectivity index (χ3v) is 3.53. The summed E-state index contributed by atoms with van der Waals surface area (Å²) in [7, 11) is -2.17. The summed E-state index contributed by atoms with van der Waals surface area (Å²) in [5, 5.41) is 0. The molecule has 0 bridgehead atoms. The highest BCUT2D eigenvalue weighted by atomic mass is 32.2. The summed E-state index contributed by atoms with van der Waals surface area (Å²) in [6.45, 7) is 0. The van der Waals surface area contributed by atoms with E-state index in [1.807, 2.05) is 0 Å². The van der Waals surface area contributed by atoms with Gasteiger partial charge in [0.05, 0.1) is 12.0 Å². The number of nitrogens with one attached hydrogen (secondary N) is 1. The summed E-state index contributed by atoms with van der Waals surface area (Å²) in [6.07, 6.45) is 0. The fraction of sp³-hybridized carbons (Fsp3) is 0.222. The minimum atomic E-state index is -3.64. The first-order valence-corrected chi connectivity index (χ1v) is 6.01. The van der Waals surface area contributed by atoms with Gasteiger partial charge in [-0.2, -0.15) is 0 Å². The van der Waals surface area contributed by atoms with Crippen LogP contribution >= 0.6 is 0 Å². The lowest BCUT2D eigenvalue weighted by Gasteiger charge is -2.04. The third-order valence-electron chi connectivity index (χ3n) is 1.90. The molecule has 0 aliphatic rings. The van der Waals surface area contributed by atoms with Gasteiger partial charge in [0.1, 0.15) is 11.5 Å². The Balaban J connectivity index is 2.94.